The van der Waals surface area contributed by atoms with Crippen molar-refractivity contribution >= 4 is 39.8 Å². The fourth-order valence-corrected chi connectivity index (χ4v) is 4.43. The molecule has 1 aliphatic rings. The van der Waals surface area contributed by atoms with Crippen molar-refractivity contribution in [3.05, 3.63) is 29.8 Å². The van der Waals surface area contributed by atoms with Crippen molar-refractivity contribution in [1.82, 2.24) is 10.2 Å². The largest absolute Gasteiger partial charge is 0.357 e. The molecule has 3 rings (SSSR count). The molecule has 136 valence electrons. The smallest absolute Gasteiger partial charge is 0.240 e. The molecule has 1 aliphatic carbocycles. The number of nitrogens with one attached hydrogen (secondary N) is 1. The third-order valence-corrected chi connectivity index (χ3v) is 6.02. The minimum Gasteiger partial charge on any atom is -0.357 e. The highest BCUT2D eigenvalue weighted by atomic mass is 32.2. The molecule has 1 fully saturated rings. The van der Waals surface area contributed by atoms with Crippen molar-refractivity contribution in [2.45, 2.75) is 48.7 Å². The Morgan fingerprint density at radius 1 is 1.42 bits per heavy atom. The lowest BCUT2D eigenvalue weighted by Crippen LogP contribution is -2.37. The third-order valence-electron chi connectivity index (χ3n) is 4.00. The highest BCUT2D eigenvalue weighted by Gasteiger charge is 2.25. The molecule has 1 N–H and O–H groups in total. The van der Waals surface area contributed by atoms with E-state index in [1.165, 1.54) is 35.9 Å². The van der Waals surface area contributed by atoms with Crippen LogP contribution >= 0.6 is 23.1 Å². The Labute approximate surface area is 161 Å². The van der Waals surface area contributed by atoms with Gasteiger partial charge in [0.1, 0.15) is 0 Å². The van der Waals surface area contributed by atoms with Crippen molar-refractivity contribution < 1.29 is 4.79 Å². The summed E-state index contributed by atoms with van der Waals surface area (Å²) in [7, 11) is 0. The van der Waals surface area contributed by atoms with Crippen LogP contribution in [0.5, 0.6) is 0 Å². The molecule has 0 spiro atoms. The van der Waals surface area contributed by atoms with E-state index in [2.05, 4.69) is 21.6 Å². The molecule has 1 unspecified atom stereocenters. The second-order valence-corrected chi connectivity index (χ2v) is 8.85. The van der Waals surface area contributed by atoms with Crippen molar-refractivity contribution in [1.29, 1.82) is 5.26 Å². The minimum absolute atomic E-state index is 0.0268. The molecule has 1 aromatic carbocycles. The van der Waals surface area contributed by atoms with Crippen LogP contribution in [0.2, 0.25) is 0 Å². The summed E-state index contributed by atoms with van der Waals surface area (Å²) in [5, 5.41) is 21.1. The number of amides is 1. The maximum atomic E-state index is 13.0. The summed E-state index contributed by atoms with van der Waals surface area (Å²) in [5.41, 5.74) is 1.95. The van der Waals surface area contributed by atoms with Crippen LogP contribution in [0.25, 0.3) is 0 Å². The number of benzene rings is 1. The summed E-state index contributed by atoms with van der Waals surface area (Å²) in [5.74, 6) is -0.0268. The van der Waals surface area contributed by atoms with E-state index in [9.17, 15) is 4.79 Å². The number of aryl methyl sites for hydroxylation is 1. The Kier molecular flexibility index (Phi) is 6.12. The number of hydrogen-bond donors (Lipinski definition) is 1. The normalized spacial score (nSPS) is 14.5. The molecule has 1 heterocycles. The van der Waals surface area contributed by atoms with E-state index in [0.29, 0.717) is 19.0 Å². The van der Waals surface area contributed by atoms with Crippen LogP contribution in [0, 0.1) is 18.3 Å². The molecule has 6 nitrogen and oxygen atoms in total. The van der Waals surface area contributed by atoms with Crippen LogP contribution in [0.15, 0.2) is 28.6 Å². The Bertz CT molecular complexity index is 795. The van der Waals surface area contributed by atoms with Crippen molar-refractivity contribution in [2.75, 3.05) is 16.8 Å². The monoisotopic (exact) mass is 387 g/mol. The lowest BCUT2D eigenvalue weighted by molar-refractivity contribution is -0.117. The second kappa shape index (κ2) is 8.52. The minimum atomic E-state index is -0.309. The number of thioether (sulfide) groups is 1. The van der Waals surface area contributed by atoms with Crippen molar-refractivity contribution in [2.24, 2.45) is 0 Å². The lowest BCUT2D eigenvalue weighted by Gasteiger charge is -2.24. The van der Waals surface area contributed by atoms with Gasteiger partial charge in [-0.3, -0.25) is 4.79 Å². The summed E-state index contributed by atoms with van der Waals surface area (Å²) in [4.78, 5) is 14.7. The Hall–Kier alpha value is -2.11. The van der Waals surface area contributed by atoms with Crippen LogP contribution in [-0.2, 0) is 4.79 Å². The van der Waals surface area contributed by atoms with E-state index in [1.807, 2.05) is 38.1 Å². The summed E-state index contributed by atoms with van der Waals surface area (Å²) >= 11 is 2.89. The number of nitriles is 1. The number of hydrogen-bond acceptors (Lipinski definition) is 7. The van der Waals surface area contributed by atoms with Crippen molar-refractivity contribution in [3.8, 4) is 6.07 Å². The van der Waals surface area contributed by atoms with Crippen LogP contribution in [0.4, 0.5) is 10.8 Å². The number of aromatic nitrogens is 2. The molecule has 26 heavy (non-hydrogen) atoms. The maximum absolute atomic E-state index is 13.0. The van der Waals surface area contributed by atoms with Crippen molar-refractivity contribution in [3.63, 3.8) is 0 Å². The average molecular weight is 388 g/mol. The average Bonchev–Trinajstić information content (AvgIpc) is 3.34. The SMILES string of the molecule is Cc1ccc(N(CCC#N)C(=O)C(C)Sc2nnc(NC3CC3)s2)cc1. The fraction of sp³-hybridized carbons (Fsp3) is 0.444. The third kappa shape index (κ3) is 4.96. The zero-order valence-corrected chi connectivity index (χ0v) is 16.4. The Morgan fingerprint density at radius 2 is 2.15 bits per heavy atom. The molecule has 8 heteroatoms. The first kappa shape index (κ1) is 18.7. The summed E-state index contributed by atoms with van der Waals surface area (Å²) < 4.78 is 0.776. The first-order chi connectivity index (χ1) is 12.6. The maximum Gasteiger partial charge on any atom is 0.240 e. The standard InChI is InChI=1S/C18H21N5OS2/c1-12-4-8-15(9-5-12)23(11-3-10-19)16(24)13(2)25-18-22-21-17(26-18)20-14-6-7-14/h4-5,8-9,13-14H,3,6-7,11H2,1-2H3,(H,20,21). The fourth-order valence-electron chi connectivity index (χ4n) is 2.39. The van der Waals surface area contributed by atoms with Gasteiger partial charge in [-0.1, -0.05) is 40.8 Å². The van der Waals surface area contributed by atoms with Gasteiger partial charge in [0.2, 0.25) is 11.0 Å². The zero-order chi connectivity index (χ0) is 18.5. The molecule has 0 bridgehead atoms. The molecule has 0 radical (unpaired) electrons. The van der Waals surface area contributed by atoms with Crippen LogP contribution in [-0.4, -0.2) is 33.9 Å². The van der Waals surface area contributed by atoms with E-state index >= 15 is 0 Å². The highest BCUT2D eigenvalue weighted by Crippen LogP contribution is 2.33. The van der Waals surface area contributed by atoms with Gasteiger partial charge in [-0.05, 0) is 38.8 Å². The predicted molar refractivity (Wildman–Crippen MR) is 106 cm³/mol. The summed E-state index contributed by atoms with van der Waals surface area (Å²) in [6.45, 7) is 4.26. The molecule has 0 saturated heterocycles. The highest BCUT2D eigenvalue weighted by molar-refractivity contribution is 8.02. The van der Waals surface area contributed by atoms with E-state index in [1.54, 1.807) is 4.90 Å². The molecule has 1 atom stereocenters. The van der Waals surface area contributed by atoms with Gasteiger partial charge in [-0.25, -0.2) is 0 Å². The molecular weight excluding hydrogens is 366 g/mol. The van der Waals surface area contributed by atoms with Gasteiger partial charge >= 0.3 is 0 Å². The van der Waals surface area contributed by atoms with Crippen LogP contribution in [0.3, 0.4) is 0 Å². The topological polar surface area (TPSA) is 81.9 Å². The molecule has 1 saturated carbocycles. The first-order valence-electron chi connectivity index (χ1n) is 8.58. The molecular formula is C18H21N5OS2. The Balaban J connectivity index is 1.67. The van der Waals surface area contributed by atoms with Gasteiger partial charge in [-0.15, -0.1) is 10.2 Å². The Morgan fingerprint density at radius 3 is 2.81 bits per heavy atom. The molecule has 1 aromatic heterocycles. The number of nitrogens with zero attached hydrogens (tertiary/aromatic N) is 4. The number of carbonyl (C=O) groups excluding carboxylic acids is 1. The summed E-state index contributed by atoms with van der Waals surface area (Å²) in [6.07, 6.45) is 2.66. The lowest BCUT2D eigenvalue weighted by atomic mass is 10.2. The van der Waals surface area contributed by atoms with Gasteiger partial charge in [0.05, 0.1) is 17.7 Å². The molecule has 1 amide bonds. The van der Waals surface area contributed by atoms with Gasteiger partial charge in [0, 0.05) is 18.3 Å². The van der Waals surface area contributed by atoms with Gasteiger partial charge in [0.15, 0.2) is 4.34 Å². The summed E-state index contributed by atoms with van der Waals surface area (Å²) in [6, 6.07) is 10.4. The molecule has 2 aromatic rings. The van der Waals surface area contributed by atoms with E-state index < -0.39 is 0 Å². The second-order valence-electron chi connectivity index (χ2n) is 6.29. The van der Waals surface area contributed by atoms with E-state index in [4.69, 9.17) is 5.26 Å². The number of rotatable bonds is 8. The predicted octanol–water partition coefficient (Wildman–Crippen LogP) is 3.85. The van der Waals surface area contributed by atoms with E-state index in [-0.39, 0.29) is 11.2 Å². The first-order valence-corrected chi connectivity index (χ1v) is 10.3. The van der Waals surface area contributed by atoms with Crippen LogP contribution in [0.1, 0.15) is 31.7 Å². The number of anilines is 2. The molecule has 0 aliphatic heterocycles. The van der Waals surface area contributed by atoms with Gasteiger partial charge < -0.3 is 10.2 Å². The quantitative estimate of drug-likeness (QED) is 0.693. The van der Waals surface area contributed by atoms with Crippen LogP contribution < -0.4 is 10.2 Å². The van der Waals surface area contributed by atoms with Gasteiger partial charge in [-0.2, -0.15) is 5.26 Å². The zero-order valence-electron chi connectivity index (χ0n) is 14.8. The van der Waals surface area contributed by atoms with E-state index in [0.717, 1.165) is 20.7 Å². The number of carbonyl (C=O) groups is 1. The van der Waals surface area contributed by atoms with Gasteiger partial charge in [0.25, 0.3) is 0 Å².